The second-order valence-electron chi connectivity index (χ2n) is 3.79. The molecular weight excluding hydrogens is 228 g/mol. The summed E-state index contributed by atoms with van der Waals surface area (Å²) < 4.78 is 0. The number of hydrogen-bond acceptors (Lipinski definition) is 3. The van der Waals surface area contributed by atoms with Crippen molar-refractivity contribution in [3.8, 4) is 5.75 Å². The van der Waals surface area contributed by atoms with Crippen molar-refractivity contribution in [2.24, 2.45) is 0 Å². The molecular formula is C15H12O3. The van der Waals surface area contributed by atoms with Gasteiger partial charge >= 0.3 is 0 Å². The van der Waals surface area contributed by atoms with E-state index in [1.54, 1.807) is 24.3 Å². The van der Waals surface area contributed by atoms with Gasteiger partial charge in [0.05, 0.1) is 5.56 Å². The van der Waals surface area contributed by atoms with Crippen LogP contribution in [0.15, 0.2) is 60.4 Å². The number of para-hydroxylation sites is 1. The summed E-state index contributed by atoms with van der Waals surface area (Å²) in [6, 6.07) is 15.1. The Morgan fingerprint density at radius 1 is 0.944 bits per heavy atom. The highest BCUT2D eigenvalue weighted by molar-refractivity contribution is 6.11. The Morgan fingerprint density at radius 2 is 1.56 bits per heavy atom. The van der Waals surface area contributed by atoms with Crippen LogP contribution in [-0.4, -0.2) is 16.0 Å². The number of allylic oxidation sites excluding steroid dienone is 1. The Balaban J connectivity index is 2.30. The van der Waals surface area contributed by atoms with E-state index in [0.717, 1.165) is 5.56 Å². The lowest BCUT2D eigenvalue weighted by atomic mass is 10.1. The van der Waals surface area contributed by atoms with Gasteiger partial charge in [0.25, 0.3) is 0 Å². The van der Waals surface area contributed by atoms with Crippen LogP contribution in [0, 0.1) is 0 Å². The first-order valence-electron chi connectivity index (χ1n) is 5.47. The molecule has 0 amide bonds. The molecule has 0 saturated carbocycles. The third-order valence-corrected chi connectivity index (χ3v) is 2.48. The number of aliphatic hydroxyl groups is 1. The van der Waals surface area contributed by atoms with Crippen LogP contribution < -0.4 is 0 Å². The maximum Gasteiger partial charge on any atom is 0.231 e. The number of carbonyl (C=O) groups is 1. The highest BCUT2D eigenvalue weighted by atomic mass is 16.3. The number of benzene rings is 2. The SMILES string of the molecule is O=C(C(O)=Cc1ccccc1)c1ccccc1O. The van der Waals surface area contributed by atoms with E-state index in [1.807, 2.05) is 18.2 Å². The Labute approximate surface area is 105 Å². The lowest BCUT2D eigenvalue weighted by molar-refractivity contribution is 0.0978. The normalized spacial score (nSPS) is 11.2. The van der Waals surface area contributed by atoms with E-state index in [1.165, 1.54) is 18.2 Å². The standard InChI is InChI=1S/C15H12O3/c16-13-9-5-4-8-12(13)15(18)14(17)10-11-6-2-1-3-7-11/h1-10,16-17H. The molecule has 3 heteroatoms. The smallest absolute Gasteiger partial charge is 0.231 e. The van der Waals surface area contributed by atoms with Crippen LogP contribution in [0.2, 0.25) is 0 Å². The Kier molecular flexibility index (Phi) is 3.44. The van der Waals surface area contributed by atoms with E-state index in [9.17, 15) is 15.0 Å². The van der Waals surface area contributed by atoms with Gasteiger partial charge in [0.2, 0.25) is 5.78 Å². The molecule has 2 aromatic carbocycles. The summed E-state index contributed by atoms with van der Waals surface area (Å²) >= 11 is 0. The number of aliphatic hydroxyl groups excluding tert-OH is 1. The minimum Gasteiger partial charge on any atom is -0.507 e. The minimum atomic E-state index is -0.600. The fraction of sp³-hybridized carbons (Fsp3) is 0. The van der Waals surface area contributed by atoms with Gasteiger partial charge in [-0.1, -0.05) is 42.5 Å². The van der Waals surface area contributed by atoms with E-state index >= 15 is 0 Å². The maximum atomic E-state index is 11.9. The van der Waals surface area contributed by atoms with E-state index in [-0.39, 0.29) is 11.3 Å². The molecule has 0 aliphatic rings. The summed E-state index contributed by atoms with van der Waals surface area (Å²) in [4.78, 5) is 11.9. The molecule has 18 heavy (non-hydrogen) atoms. The number of hydrogen-bond donors (Lipinski definition) is 2. The van der Waals surface area contributed by atoms with E-state index < -0.39 is 11.5 Å². The van der Waals surface area contributed by atoms with Gasteiger partial charge < -0.3 is 10.2 Å². The van der Waals surface area contributed by atoms with Gasteiger partial charge in [0.15, 0.2) is 5.76 Å². The van der Waals surface area contributed by atoms with Crippen molar-refractivity contribution in [2.45, 2.75) is 0 Å². The van der Waals surface area contributed by atoms with Crippen LogP contribution in [0.3, 0.4) is 0 Å². The first kappa shape index (κ1) is 11.9. The van der Waals surface area contributed by atoms with Gasteiger partial charge in [-0.05, 0) is 23.8 Å². The number of aromatic hydroxyl groups is 1. The summed E-state index contributed by atoms with van der Waals surface area (Å²) in [5, 5.41) is 19.3. The lowest BCUT2D eigenvalue weighted by Crippen LogP contribution is -2.02. The quantitative estimate of drug-likeness (QED) is 0.492. The predicted octanol–water partition coefficient (Wildman–Crippen LogP) is 3.17. The number of phenolic OH excluding ortho intramolecular Hbond substituents is 1. The Bertz CT molecular complexity index is 586. The fourth-order valence-corrected chi connectivity index (χ4v) is 1.58. The molecule has 0 bridgehead atoms. The van der Waals surface area contributed by atoms with Crippen molar-refractivity contribution in [1.29, 1.82) is 0 Å². The van der Waals surface area contributed by atoms with Crippen molar-refractivity contribution < 1.29 is 15.0 Å². The highest BCUT2D eigenvalue weighted by Gasteiger charge is 2.14. The van der Waals surface area contributed by atoms with E-state index in [0.29, 0.717) is 0 Å². The summed E-state index contributed by atoms with van der Waals surface area (Å²) in [6.45, 7) is 0. The third kappa shape index (κ3) is 2.58. The summed E-state index contributed by atoms with van der Waals surface area (Å²) in [6.07, 6.45) is 1.37. The first-order chi connectivity index (χ1) is 8.68. The molecule has 0 aliphatic heterocycles. The molecule has 0 radical (unpaired) electrons. The van der Waals surface area contributed by atoms with Crippen molar-refractivity contribution in [3.63, 3.8) is 0 Å². The zero-order valence-electron chi connectivity index (χ0n) is 9.58. The molecule has 2 rings (SSSR count). The second kappa shape index (κ2) is 5.19. The molecule has 90 valence electrons. The largest absolute Gasteiger partial charge is 0.507 e. The van der Waals surface area contributed by atoms with Crippen LogP contribution in [0.5, 0.6) is 5.75 Å². The van der Waals surface area contributed by atoms with Gasteiger partial charge in [-0.15, -0.1) is 0 Å². The summed E-state index contributed by atoms with van der Waals surface area (Å²) in [7, 11) is 0. The summed E-state index contributed by atoms with van der Waals surface area (Å²) in [5.41, 5.74) is 0.806. The number of ketones is 1. The molecule has 0 unspecified atom stereocenters. The van der Waals surface area contributed by atoms with Gasteiger partial charge in [0.1, 0.15) is 5.75 Å². The van der Waals surface area contributed by atoms with Crippen molar-refractivity contribution in [1.82, 2.24) is 0 Å². The Hall–Kier alpha value is -2.55. The predicted molar refractivity (Wildman–Crippen MR) is 69.5 cm³/mol. The van der Waals surface area contributed by atoms with Crippen LogP contribution in [0.25, 0.3) is 6.08 Å². The molecule has 0 fully saturated rings. The first-order valence-corrected chi connectivity index (χ1v) is 5.47. The van der Waals surface area contributed by atoms with Gasteiger partial charge in [-0.2, -0.15) is 0 Å². The van der Waals surface area contributed by atoms with Crippen molar-refractivity contribution in [3.05, 3.63) is 71.5 Å². The molecule has 0 heterocycles. The van der Waals surface area contributed by atoms with Crippen molar-refractivity contribution in [2.75, 3.05) is 0 Å². The molecule has 0 spiro atoms. The van der Waals surface area contributed by atoms with Gasteiger partial charge in [0, 0.05) is 0 Å². The average molecular weight is 240 g/mol. The number of rotatable bonds is 3. The molecule has 0 aliphatic carbocycles. The molecule has 2 aromatic rings. The minimum absolute atomic E-state index is 0.0854. The lowest BCUT2D eigenvalue weighted by Gasteiger charge is -2.02. The maximum absolute atomic E-state index is 11.9. The van der Waals surface area contributed by atoms with Crippen LogP contribution in [0.4, 0.5) is 0 Å². The molecule has 0 atom stereocenters. The number of carbonyl (C=O) groups excluding carboxylic acids is 1. The zero-order chi connectivity index (χ0) is 13.0. The molecule has 0 aromatic heterocycles. The highest BCUT2D eigenvalue weighted by Crippen LogP contribution is 2.19. The molecule has 0 saturated heterocycles. The Morgan fingerprint density at radius 3 is 2.22 bits per heavy atom. The number of Topliss-reactive ketones (excluding diaryl/α,β-unsaturated/α-hetero) is 1. The topological polar surface area (TPSA) is 57.5 Å². The van der Waals surface area contributed by atoms with Crippen LogP contribution in [0.1, 0.15) is 15.9 Å². The number of phenols is 1. The van der Waals surface area contributed by atoms with E-state index in [4.69, 9.17) is 0 Å². The van der Waals surface area contributed by atoms with Gasteiger partial charge in [-0.3, -0.25) is 4.79 Å². The zero-order valence-corrected chi connectivity index (χ0v) is 9.58. The summed E-state index contributed by atoms with van der Waals surface area (Å²) in [5.74, 6) is -1.14. The van der Waals surface area contributed by atoms with Gasteiger partial charge in [-0.25, -0.2) is 0 Å². The fourth-order valence-electron chi connectivity index (χ4n) is 1.58. The van der Waals surface area contributed by atoms with Crippen LogP contribution >= 0.6 is 0 Å². The van der Waals surface area contributed by atoms with Crippen LogP contribution in [-0.2, 0) is 0 Å². The van der Waals surface area contributed by atoms with E-state index in [2.05, 4.69) is 0 Å². The molecule has 2 N–H and O–H groups in total. The van der Waals surface area contributed by atoms with Crippen molar-refractivity contribution >= 4 is 11.9 Å². The average Bonchev–Trinajstić information content (AvgIpc) is 2.39. The third-order valence-electron chi connectivity index (χ3n) is 2.48. The monoisotopic (exact) mass is 240 g/mol. The molecule has 3 nitrogen and oxygen atoms in total. The second-order valence-corrected chi connectivity index (χ2v) is 3.79.